The average molecular weight is 233 g/mol. The van der Waals surface area contributed by atoms with Gasteiger partial charge in [-0.1, -0.05) is 34.3 Å². The molecule has 0 saturated carbocycles. The summed E-state index contributed by atoms with van der Waals surface area (Å²) >= 11 is 1.40. The molecule has 1 aromatic heterocycles. The summed E-state index contributed by atoms with van der Waals surface area (Å²) in [5.41, 5.74) is 3.63. The molecular formula is C12H15N3S. The third-order valence-corrected chi connectivity index (χ3v) is 3.17. The van der Waals surface area contributed by atoms with Crippen LogP contribution < -0.4 is 5.32 Å². The highest BCUT2D eigenvalue weighted by Gasteiger charge is 2.12. The van der Waals surface area contributed by atoms with Crippen LogP contribution >= 0.6 is 11.5 Å². The van der Waals surface area contributed by atoms with Crippen LogP contribution in [0.3, 0.4) is 0 Å². The zero-order chi connectivity index (χ0) is 11.4. The van der Waals surface area contributed by atoms with E-state index in [1.165, 1.54) is 22.7 Å². The van der Waals surface area contributed by atoms with E-state index >= 15 is 0 Å². The lowest BCUT2D eigenvalue weighted by Crippen LogP contribution is -2.19. The monoisotopic (exact) mass is 233 g/mol. The van der Waals surface area contributed by atoms with Gasteiger partial charge in [-0.05, 0) is 37.5 Å². The van der Waals surface area contributed by atoms with Crippen LogP contribution in [0.5, 0.6) is 0 Å². The summed E-state index contributed by atoms with van der Waals surface area (Å²) in [5.74, 6) is 0. The van der Waals surface area contributed by atoms with Gasteiger partial charge >= 0.3 is 0 Å². The molecule has 0 bridgehead atoms. The topological polar surface area (TPSA) is 37.8 Å². The second-order valence-corrected chi connectivity index (χ2v) is 4.47. The van der Waals surface area contributed by atoms with E-state index in [0.717, 1.165) is 12.1 Å². The predicted octanol–water partition coefficient (Wildman–Crippen LogP) is 2.35. The number of aryl methyl sites for hydroxylation is 1. The number of likely N-dealkylation sites (N-methyl/N-ethyl adjacent to an activating group) is 1. The van der Waals surface area contributed by atoms with Crippen molar-refractivity contribution in [3.63, 3.8) is 0 Å². The van der Waals surface area contributed by atoms with Crippen molar-refractivity contribution in [3.8, 4) is 0 Å². The van der Waals surface area contributed by atoms with E-state index < -0.39 is 0 Å². The number of hydrogen-bond donors (Lipinski definition) is 1. The minimum absolute atomic E-state index is 0.251. The van der Waals surface area contributed by atoms with Crippen LogP contribution in [-0.2, 0) is 6.42 Å². The van der Waals surface area contributed by atoms with Crippen molar-refractivity contribution in [1.29, 1.82) is 0 Å². The molecule has 2 rings (SSSR count). The summed E-state index contributed by atoms with van der Waals surface area (Å²) in [6, 6.07) is 8.86. The minimum atomic E-state index is 0.251. The van der Waals surface area contributed by atoms with Gasteiger partial charge in [-0.25, -0.2) is 0 Å². The van der Waals surface area contributed by atoms with Crippen molar-refractivity contribution >= 4 is 11.5 Å². The van der Waals surface area contributed by atoms with Crippen molar-refractivity contribution in [2.24, 2.45) is 0 Å². The van der Waals surface area contributed by atoms with E-state index in [1.807, 2.05) is 12.4 Å². The normalized spacial score (nSPS) is 12.6. The van der Waals surface area contributed by atoms with Gasteiger partial charge in [-0.15, -0.1) is 5.10 Å². The number of rotatable bonds is 4. The second-order valence-electron chi connectivity index (χ2n) is 3.86. The first-order chi connectivity index (χ1) is 7.79. The maximum Gasteiger partial charge on any atom is 0.0928 e. The molecule has 1 aromatic carbocycles. The van der Waals surface area contributed by atoms with Crippen molar-refractivity contribution in [1.82, 2.24) is 14.9 Å². The van der Waals surface area contributed by atoms with E-state index in [4.69, 9.17) is 0 Å². The van der Waals surface area contributed by atoms with Gasteiger partial charge in [0, 0.05) is 5.38 Å². The first-order valence-corrected chi connectivity index (χ1v) is 6.13. The Morgan fingerprint density at radius 2 is 2.06 bits per heavy atom. The van der Waals surface area contributed by atoms with Gasteiger partial charge in [-0.3, -0.25) is 0 Å². The lowest BCUT2D eigenvalue weighted by Gasteiger charge is -2.13. The number of hydrogen-bond acceptors (Lipinski definition) is 4. The van der Waals surface area contributed by atoms with Gasteiger partial charge in [0.25, 0.3) is 0 Å². The van der Waals surface area contributed by atoms with Gasteiger partial charge < -0.3 is 5.32 Å². The first-order valence-electron chi connectivity index (χ1n) is 5.29. The first kappa shape index (κ1) is 11.2. The maximum absolute atomic E-state index is 4.11. The van der Waals surface area contributed by atoms with E-state index in [9.17, 15) is 0 Å². The standard InChI is InChI=1S/C12H15N3S/c1-9-3-5-10(6-4-9)7-11(13-2)12-8-16-15-14-12/h3-6,8,11,13H,7H2,1-2H3. The van der Waals surface area contributed by atoms with Gasteiger partial charge in [0.15, 0.2) is 0 Å². The van der Waals surface area contributed by atoms with Gasteiger partial charge in [0.1, 0.15) is 0 Å². The number of nitrogens with zero attached hydrogens (tertiary/aromatic N) is 2. The summed E-state index contributed by atoms with van der Waals surface area (Å²) in [6.45, 7) is 2.10. The van der Waals surface area contributed by atoms with Crippen LogP contribution in [0.1, 0.15) is 22.9 Å². The molecule has 0 aliphatic heterocycles. The molecular weight excluding hydrogens is 218 g/mol. The molecule has 0 spiro atoms. The van der Waals surface area contributed by atoms with Crippen molar-refractivity contribution in [2.75, 3.05) is 7.05 Å². The fourth-order valence-electron chi connectivity index (χ4n) is 1.64. The maximum atomic E-state index is 4.11. The van der Waals surface area contributed by atoms with Crippen LogP contribution in [-0.4, -0.2) is 16.6 Å². The van der Waals surface area contributed by atoms with Crippen molar-refractivity contribution in [3.05, 3.63) is 46.5 Å². The molecule has 16 heavy (non-hydrogen) atoms. The van der Waals surface area contributed by atoms with Crippen LogP contribution in [0.4, 0.5) is 0 Å². The number of nitrogens with one attached hydrogen (secondary N) is 1. The van der Waals surface area contributed by atoms with E-state index in [2.05, 4.69) is 46.1 Å². The Labute approximate surface area is 99.7 Å². The molecule has 0 radical (unpaired) electrons. The third kappa shape index (κ3) is 2.65. The molecule has 1 atom stereocenters. The molecule has 84 valence electrons. The van der Waals surface area contributed by atoms with E-state index in [1.54, 1.807) is 0 Å². The lowest BCUT2D eigenvalue weighted by atomic mass is 10.0. The number of aromatic nitrogens is 2. The zero-order valence-corrected chi connectivity index (χ0v) is 10.3. The quantitative estimate of drug-likeness (QED) is 0.881. The molecule has 0 amide bonds. The van der Waals surface area contributed by atoms with Gasteiger partial charge in [0.05, 0.1) is 11.7 Å². The highest BCUT2D eigenvalue weighted by molar-refractivity contribution is 7.03. The number of benzene rings is 1. The average Bonchev–Trinajstić information content (AvgIpc) is 2.82. The molecule has 0 aliphatic rings. The summed E-state index contributed by atoms with van der Waals surface area (Å²) in [4.78, 5) is 0. The second kappa shape index (κ2) is 5.18. The molecule has 1 heterocycles. The van der Waals surface area contributed by atoms with Gasteiger partial charge in [-0.2, -0.15) is 0 Å². The third-order valence-electron chi connectivity index (χ3n) is 2.64. The smallest absolute Gasteiger partial charge is 0.0928 e. The SMILES string of the molecule is CNC(Cc1ccc(C)cc1)c1csnn1. The largest absolute Gasteiger partial charge is 0.311 e. The molecule has 2 aromatic rings. The van der Waals surface area contributed by atoms with Crippen LogP contribution in [0.25, 0.3) is 0 Å². The Hall–Kier alpha value is -1.26. The highest BCUT2D eigenvalue weighted by atomic mass is 32.1. The summed E-state index contributed by atoms with van der Waals surface area (Å²) in [6.07, 6.45) is 0.947. The van der Waals surface area contributed by atoms with E-state index in [0.29, 0.717) is 0 Å². The van der Waals surface area contributed by atoms with Crippen molar-refractivity contribution < 1.29 is 0 Å². The molecule has 0 fully saturated rings. The van der Waals surface area contributed by atoms with Crippen LogP contribution in [0, 0.1) is 6.92 Å². The highest BCUT2D eigenvalue weighted by Crippen LogP contribution is 2.17. The Kier molecular flexibility index (Phi) is 3.64. The van der Waals surface area contributed by atoms with Crippen LogP contribution in [0.2, 0.25) is 0 Å². The molecule has 4 heteroatoms. The summed E-state index contributed by atoms with van der Waals surface area (Å²) in [7, 11) is 1.96. The fourth-order valence-corrected chi connectivity index (χ4v) is 2.15. The summed E-state index contributed by atoms with van der Waals surface area (Å²) in [5, 5.41) is 9.37. The Bertz CT molecular complexity index is 422. The molecule has 1 N–H and O–H groups in total. The summed E-state index contributed by atoms with van der Waals surface area (Å²) < 4.78 is 3.90. The fraction of sp³-hybridized carbons (Fsp3) is 0.333. The lowest BCUT2D eigenvalue weighted by molar-refractivity contribution is 0.574. The zero-order valence-electron chi connectivity index (χ0n) is 9.47. The van der Waals surface area contributed by atoms with Gasteiger partial charge in [0.2, 0.25) is 0 Å². The molecule has 0 saturated heterocycles. The van der Waals surface area contributed by atoms with Crippen LogP contribution in [0.15, 0.2) is 29.6 Å². The molecule has 0 aliphatic carbocycles. The Balaban J connectivity index is 2.10. The molecule has 1 unspecified atom stereocenters. The Morgan fingerprint density at radius 3 is 2.62 bits per heavy atom. The predicted molar refractivity (Wildman–Crippen MR) is 66.6 cm³/mol. The minimum Gasteiger partial charge on any atom is -0.311 e. The van der Waals surface area contributed by atoms with E-state index in [-0.39, 0.29) is 6.04 Å². The van der Waals surface area contributed by atoms with Crippen molar-refractivity contribution in [2.45, 2.75) is 19.4 Å². The Morgan fingerprint density at radius 1 is 1.31 bits per heavy atom. The molecule has 3 nitrogen and oxygen atoms in total.